The Morgan fingerprint density at radius 2 is 1.83 bits per heavy atom. The minimum absolute atomic E-state index is 0.523. The molecule has 2 N–H and O–H groups in total. The van der Waals surface area contributed by atoms with E-state index in [1.54, 1.807) is 6.20 Å². The van der Waals surface area contributed by atoms with E-state index in [2.05, 4.69) is 20.2 Å². The predicted octanol–water partition coefficient (Wildman–Crippen LogP) is 3.14. The SMILES string of the molecule is FC(F)(F)c1ccc2nc(N3CCNCC3)c3[nH]ccc3c2c1. The number of rotatable bonds is 1. The zero-order valence-electron chi connectivity index (χ0n) is 12.2. The van der Waals surface area contributed by atoms with Crippen LogP contribution < -0.4 is 10.2 Å². The maximum atomic E-state index is 13.0. The fraction of sp³-hybridized carbons (Fsp3) is 0.312. The molecule has 120 valence electrons. The van der Waals surface area contributed by atoms with E-state index in [1.165, 1.54) is 12.1 Å². The van der Waals surface area contributed by atoms with E-state index in [0.29, 0.717) is 10.9 Å². The summed E-state index contributed by atoms with van der Waals surface area (Å²) >= 11 is 0. The van der Waals surface area contributed by atoms with Gasteiger partial charge < -0.3 is 15.2 Å². The smallest absolute Gasteiger partial charge is 0.358 e. The summed E-state index contributed by atoms with van der Waals surface area (Å²) in [4.78, 5) is 9.91. The van der Waals surface area contributed by atoms with Crippen LogP contribution in [-0.2, 0) is 6.18 Å². The van der Waals surface area contributed by atoms with Crippen molar-refractivity contribution in [2.75, 3.05) is 31.1 Å². The molecule has 0 atom stereocenters. The maximum absolute atomic E-state index is 13.0. The van der Waals surface area contributed by atoms with Crippen molar-refractivity contribution in [3.8, 4) is 0 Å². The van der Waals surface area contributed by atoms with Crippen LogP contribution in [0.1, 0.15) is 5.56 Å². The number of halogens is 3. The van der Waals surface area contributed by atoms with Gasteiger partial charge in [-0.15, -0.1) is 0 Å². The molecule has 0 aliphatic carbocycles. The first kappa shape index (κ1) is 14.3. The molecule has 4 rings (SSSR count). The maximum Gasteiger partial charge on any atom is 0.416 e. The highest BCUT2D eigenvalue weighted by molar-refractivity contribution is 6.09. The molecule has 1 fully saturated rings. The number of hydrogen-bond donors (Lipinski definition) is 2. The molecule has 3 heterocycles. The van der Waals surface area contributed by atoms with Crippen LogP contribution in [0.4, 0.5) is 19.0 Å². The Morgan fingerprint density at radius 1 is 1.04 bits per heavy atom. The van der Waals surface area contributed by atoms with E-state index in [0.717, 1.165) is 49.0 Å². The number of piperazine rings is 1. The van der Waals surface area contributed by atoms with Gasteiger partial charge in [0.05, 0.1) is 16.6 Å². The Hall–Kier alpha value is -2.28. The molecule has 0 spiro atoms. The molecule has 1 aliphatic rings. The highest BCUT2D eigenvalue weighted by atomic mass is 19.4. The first-order chi connectivity index (χ1) is 11.0. The average Bonchev–Trinajstić information content (AvgIpc) is 3.03. The number of nitrogens with zero attached hydrogens (tertiary/aromatic N) is 2. The number of alkyl halides is 3. The van der Waals surface area contributed by atoms with Gasteiger partial charge in [0.2, 0.25) is 0 Å². The molecule has 3 aromatic rings. The van der Waals surface area contributed by atoms with Crippen LogP contribution in [0.5, 0.6) is 0 Å². The van der Waals surface area contributed by atoms with Crippen LogP contribution in [0.2, 0.25) is 0 Å². The minimum Gasteiger partial charge on any atom is -0.358 e. The van der Waals surface area contributed by atoms with Crippen molar-refractivity contribution < 1.29 is 13.2 Å². The van der Waals surface area contributed by atoms with Crippen molar-refractivity contribution in [3.63, 3.8) is 0 Å². The Balaban J connectivity index is 1.94. The summed E-state index contributed by atoms with van der Waals surface area (Å²) in [6.45, 7) is 3.39. The van der Waals surface area contributed by atoms with Gasteiger partial charge in [0, 0.05) is 43.1 Å². The molecule has 7 heteroatoms. The molecule has 0 radical (unpaired) electrons. The van der Waals surface area contributed by atoms with Crippen LogP contribution in [-0.4, -0.2) is 36.1 Å². The normalized spacial score (nSPS) is 16.4. The van der Waals surface area contributed by atoms with Gasteiger partial charge in [0.15, 0.2) is 5.82 Å². The standard InChI is InChI=1S/C16H15F3N4/c17-16(18,19)10-1-2-13-12(9-10)11-3-4-21-14(11)15(22-13)23-7-5-20-6-8-23/h1-4,9,20-21H,5-8H2. The zero-order chi connectivity index (χ0) is 16.0. The number of benzene rings is 1. The molecule has 4 nitrogen and oxygen atoms in total. The summed E-state index contributed by atoms with van der Waals surface area (Å²) in [5.74, 6) is 0.804. The van der Waals surface area contributed by atoms with E-state index in [9.17, 15) is 13.2 Å². The summed E-state index contributed by atoms with van der Waals surface area (Å²) in [6, 6.07) is 5.54. The van der Waals surface area contributed by atoms with Gasteiger partial charge in [-0.3, -0.25) is 0 Å². The first-order valence-corrected chi connectivity index (χ1v) is 7.48. The molecule has 1 aliphatic heterocycles. The molecular formula is C16H15F3N4. The number of hydrogen-bond acceptors (Lipinski definition) is 3. The second-order valence-electron chi connectivity index (χ2n) is 5.67. The monoisotopic (exact) mass is 320 g/mol. The third kappa shape index (κ3) is 2.41. The molecule has 0 amide bonds. The molecular weight excluding hydrogens is 305 g/mol. The molecule has 1 aromatic carbocycles. The molecule has 0 bridgehead atoms. The van der Waals surface area contributed by atoms with Crippen molar-refractivity contribution in [3.05, 3.63) is 36.0 Å². The van der Waals surface area contributed by atoms with E-state index in [-0.39, 0.29) is 0 Å². The number of fused-ring (bicyclic) bond motifs is 3. The van der Waals surface area contributed by atoms with Gasteiger partial charge in [0.25, 0.3) is 0 Å². The van der Waals surface area contributed by atoms with Gasteiger partial charge in [-0.1, -0.05) is 0 Å². The van der Waals surface area contributed by atoms with Crippen LogP contribution in [0.15, 0.2) is 30.5 Å². The van der Waals surface area contributed by atoms with Crippen molar-refractivity contribution in [1.82, 2.24) is 15.3 Å². The number of aromatic amines is 1. The zero-order valence-corrected chi connectivity index (χ0v) is 12.2. The van der Waals surface area contributed by atoms with E-state index in [4.69, 9.17) is 0 Å². The fourth-order valence-electron chi connectivity index (χ4n) is 3.08. The van der Waals surface area contributed by atoms with Crippen LogP contribution >= 0.6 is 0 Å². The fourth-order valence-corrected chi connectivity index (χ4v) is 3.08. The molecule has 2 aromatic heterocycles. The minimum atomic E-state index is -4.35. The van der Waals surface area contributed by atoms with E-state index >= 15 is 0 Å². The quantitative estimate of drug-likeness (QED) is 0.724. The molecule has 0 unspecified atom stereocenters. The van der Waals surface area contributed by atoms with E-state index < -0.39 is 11.7 Å². The Labute approximate surface area is 130 Å². The number of anilines is 1. The van der Waals surface area contributed by atoms with Crippen molar-refractivity contribution in [2.24, 2.45) is 0 Å². The molecule has 1 saturated heterocycles. The third-order valence-electron chi connectivity index (χ3n) is 4.23. The summed E-state index contributed by atoms with van der Waals surface area (Å²) in [7, 11) is 0. The number of pyridine rings is 1. The van der Waals surface area contributed by atoms with E-state index in [1.807, 2.05) is 6.07 Å². The van der Waals surface area contributed by atoms with Crippen molar-refractivity contribution in [2.45, 2.75) is 6.18 Å². The summed E-state index contributed by atoms with van der Waals surface area (Å²) < 4.78 is 38.9. The highest BCUT2D eigenvalue weighted by Gasteiger charge is 2.31. The Kier molecular flexibility index (Phi) is 3.19. The third-order valence-corrected chi connectivity index (χ3v) is 4.23. The molecule has 23 heavy (non-hydrogen) atoms. The van der Waals surface area contributed by atoms with Crippen LogP contribution in [0.25, 0.3) is 21.8 Å². The molecule has 0 saturated carbocycles. The summed E-state index contributed by atoms with van der Waals surface area (Å²) in [6.07, 6.45) is -2.61. The lowest BCUT2D eigenvalue weighted by atomic mass is 10.1. The van der Waals surface area contributed by atoms with Gasteiger partial charge in [-0.05, 0) is 24.3 Å². The lowest BCUT2D eigenvalue weighted by Crippen LogP contribution is -2.44. The largest absolute Gasteiger partial charge is 0.416 e. The Bertz CT molecular complexity index is 863. The number of nitrogens with one attached hydrogen (secondary N) is 2. The van der Waals surface area contributed by atoms with Crippen molar-refractivity contribution in [1.29, 1.82) is 0 Å². The van der Waals surface area contributed by atoms with Crippen LogP contribution in [0.3, 0.4) is 0 Å². The van der Waals surface area contributed by atoms with Crippen molar-refractivity contribution >= 4 is 27.6 Å². The first-order valence-electron chi connectivity index (χ1n) is 7.48. The second-order valence-corrected chi connectivity index (χ2v) is 5.67. The lowest BCUT2D eigenvalue weighted by Gasteiger charge is -2.29. The lowest BCUT2D eigenvalue weighted by molar-refractivity contribution is -0.137. The number of H-pyrrole nitrogens is 1. The van der Waals surface area contributed by atoms with Gasteiger partial charge in [0.1, 0.15) is 0 Å². The summed E-state index contributed by atoms with van der Waals surface area (Å²) in [5, 5.41) is 4.58. The Morgan fingerprint density at radius 3 is 2.57 bits per heavy atom. The van der Waals surface area contributed by atoms with Gasteiger partial charge in [-0.2, -0.15) is 13.2 Å². The summed E-state index contributed by atoms with van der Waals surface area (Å²) in [5.41, 5.74) is 0.724. The highest BCUT2D eigenvalue weighted by Crippen LogP contribution is 2.35. The van der Waals surface area contributed by atoms with Crippen LogP contribution in [0, 0.1) is 0 Å². The number of aromatic nitrogens is 2. The average molecular weight is 320 g/mol. The predicted molar refractivity (Wildman–Crippen MR) is 83.7 cm³/mol. The second kappa shape index (κ2) is 5.13. The van der Waals surface area contributed by atoms with Gasteiger partial charge in [-0.25, -0.2) is 4.98 Å². The van der Waals surface area contributed by atoms with Gasteiger partial charge >= 0.3 is 6.18 Å². The topological polar surface area (TPSA) is 44.0 Å².